The number of benzene rings is 1. The fourth-order valence-electron chi connectivity index (χ4n) is 3.20. The van der Waals surface area contributed by atoms with Crippen LogP contribution in [-0.2, 0) is 11.2 Å². The van der Waals surface area contributed by atoms with Crippen molar-refractivity contribution in [1.29, 1.82) is 0 Å². The number of carbonyl (C=O) groups excluding carboxylic acids is 1. The van der Waals surface area contributed by atoms with Crippen LogP contribution in [-0.4, -0.2) is 34.0 Å². The van der Waals surface area contributed by atoms with Crippen molar-refractivity contribution >= 4 is 5.91 Å². The fourth-order valence-corrected chi connectivity index (χ4v) is 3.20. The molecule has 5 nitrogen and oxygen atoms in total. The van der Waals surface area contributed by atoms with Gasteiger partial charge in [-0.05, 0) is 31.2 Å². The number of aromatic nitrogens is 2. The number of piperidine rings is 1. The number of hydrogen-bond acceptors (Lipinski definition) is 4. The molecule has 23 heavy (non-hydrogen) atoms. The van der Waals surface area contributed by atoms with Gasteiger partial charge < -0.3 is 9.42 Å². The van der Waals surface area contributed by atoms with Gasteiger partial charge in [0, 0.05) is 31.5 Å². The van der Waals surface area contributed by atoms with Crippen LogP contribution in [0.2, 0.25) is 0 Å². The Morgan fingerprint density at radius 3 is 3.00 bits per heavy atom. The third-order valence-corrected chi connectivity index (χ3v) is 4.49. The SMILES string of the molecule is CCC(=O)N1CCCC(Cc2nc(-c3ccccc3C)no2)C1. The van der Waals surface area contributed by atoms with Crippen molar-refractivity contribution in [1.82, 2.24) is 15.0 Å². The Balaban J connectivity index is 1.67. The summed E-state index contributed by atoms with van der Waals surface area (Å²) in [5.41, 5.74) is 2.14. The van der Waals surface area contributed by atoms with Gasteiger partial charge in [0.25, 0.3) is 0 Å². The van der Waals surface area contributed by atoms with E-state index in [0.717, 1.165) is 43.5 Å². The summed E-state index contributed by atoms with van der Waals surface area (Å²) in [6.45, 7) is 5.63. The van der Waals surface area contributed by atoms with E-state index < -0.39 is 0 Å². The van der Waals surface area contributed by atoms with Crippen LogP contribution in [0.4, 0.5) is 0 Å². The van der Waals surface area contributed by atoms with E-state index in [-0.39, 0.29) is 5.91 Å². The molecule has 0 radical (unpaired) electrons. The maximum atomic E-state index is 11.9. The second kappa shape index (κ2) is 6.94. The van der Waals surface area contributed by atoms with E-state index >= 15 is 0 Å². The van der Waals surface area contributed by atoms with Crippen molar-refractivity contribution in [3.05, 3.63) is 35.7 Å². The van der Waals surface area contributed by atoms with Gasteiger partial charge in [0.1, 0.15) is 0 Å². The highest BCUT2D eigenvalue weighted by molar-refractivity contribution is 5.75. The predicted molar refractivity (Wildman–Crippen MR) is 87.8 cm³/mol. The topological polar surface area (TPSA) is 59.2 Å². The molecule has 5 heteroatoms. The highest BCUT2D eigenvalue weighted by Gasteiger charge is 2.24. The smallest absolute Gasteiger partial charge is 0.227 e. The molecule has 0 spiro atoms. The number of hydrogen-bond donors (Lipinski definition) is 0. The lowest BCUT2D eigenvalue weighted by Crippen LogP contribution is -2.40. The molecule has 1 amide bonds. The van der Waals surface area contributed by atoms with E-state index in [0.29, 0.717) is 24.1 Å². The molecule has 1 saturated heterocycles. The van der Waals surface area contributed by atoms with E-state index in [9.17, 15) is 4.79 Å². The first kappa shape index (κ1) is 15.7. The Morgan fingerprint density at radius 2 is 2.22 bits per heavy atom. The molecule has 1 aromatic carbocycles. The number of aryl methyl sites for hydroxylation is 1. The van der Waals surface area contributed by atoms with Gasteiger partial charge in [0.2, 0.25) is 17.6 Å². The second-order valence-corrected chi connectivity index (χ2v) is 6.23. The Morgan fingerprint density at radius 1 is 1.39 bits per heavy atom. The van der Waals surface area contributed by atoms with E-state index in [1.807, 2.05) is 43.0 Å². The van der Waals surface area contributed by atoms with Crippen LogP contribution in [0.3, 0.4) is 0 Å². The molecule has 0 saturated carbocycles. The van der Waals surface area contributed by atoms with Crippen LogP contribution in [0.1, 0.15) is 37.6 Å². The second-order valence-electron chi connectivity index (χ2n) is 6.23. The molecule has 1 unspecified atom stereocenters. The van der Waals surface area contributed by atoms with Crippen molar-refractivity contribution in [2.75, 3.05) is 13.1 Å². The van der Waals surface area contributed by atoms with Gasteiger partial charge in [-0.2, -0.15) is 4.98 Å². The van der Waals surface area contributed by atoms with Crippen LogP contribution in [0.25, 0.3) is 11.4 Å². The van der Waals surface area contributed by atoms with Crippen molar-refractivity contribution in [2.24, 2.45) is 5.92 Å². The van der Waals surface area contributed by atoms with E-state index in [2.05, 4.69) is 10.1 Å². The summed E-state index contributed by atoms with van der Waals surface area (Å²) < 4.78 is 5.43. The first-order valence-electron chi connectivity index (χ1n) is 8.33. The Kier molecular flexibility index (Phi) is 4.74. The van der Waals surface area contributed by atoms with Gasteiger partial charge >= 0.3 is 0 Å². The maximum Gasteiger partial charge on any atom is 0.227 e. The Bertz CT molecular complexity index is 680. The van der Waals surface area contributed by atoms with E-state index in [1.165, 1.54) is 0 Å². The fraction of sp³-hybridized carbons (Fsp3) is 0.500. The van der Waals surface area contributed by atoms with Gasteiger partial charge in [-0.25, -0.2) is 0 Å². The predicted octanol–water partition coefficient (Wildman–Crippen LogP) is 3.24. The molecule has 0 aliphatic carbocycles. The maximum absolute atomic E-state index is 11.9. The van der Waals surface area contributed by atoms with Crippen molar-refractivity contribution in [2.45, 2.75) is 39.5 Å². The van der Waals surface area contributed by atoms with Crippen LogP contribution in [0.15, 0.2) is 28.8 Å². The number of rotatable bonds is 4. The lowest BCUT2D eigenvalue weighted by atomic mass is 9.94. The molecule has 2 heterocycles. The van der Waals surface area contributed by atoms with Gasteiger partial charge in [-0.3, -0.25) is 4.79 Å². The summed E-state index contributed by atoms with van der Waals surface area (Å²) in [4.78, 5) is 18.4. The lowest BCUT2D eigenvalue weighted by Gasteiger charge is -2.32. The number of carbonyl (C=O) groups is 1. The first-order chi connectivity index (χ1) is 11.2. The zero-order valence-electron chi connectivity index (χ0n) is 13.8. The third kappa shape index (κ3) is 3.60. The van der Waals surface area contributed by atoms with Gasteiger partial charge in [-0.15, -0.1) is 0 Å². The van der Waals surface area contributed by atoms with E-state index in [4.69, 9.17) is 4.52 Å². The molecule has 1 fully saturated rings. The number of nitrogens with zero attached hydrogens (tertiary/aromatic N) is 3. The molecular formula is C18H23N3O2. The van der Waals surface area contributed by atoms with Crippen molar-refractivity contribution < 1.29 is 9.32 Å². The minimum atomic E-state index is 0.237. The Hall–Kier alpha value is -2.17. The standard InChI is InChI=1S/C18H23N3O2/c1-3-17(22)21-10-6-8-14(12-21)11-16-19-18(20-23-16)15-9-5-4-7-13(15)2/h4-5,7,9,14H,3,6,8,10-12H2,1-2H3. The molecule has 122 valence electrons. The normalized spacial score (nSPS) is 18.2. The molecule has 2 aromatic rings. The molecule has 0 bridgehead atoms. The quantitative estimate of drug-likeness (QED) is 0.869. The summed E-state index contributed by atoms with van der Waals surface area (Å²) >= 11 is 0. The van der Waals surface area contributed by atoms with Crippen molar-refractivity contribution in [3.63, 3.8) is 0 Å². The molecule has 1 aliphatic heterocycles. The average molecular weight is 313 g/mol. The summed E-state index contributed by atoms with van der Waals surface area (Å²) in [7, 11) is 0. The largest absolute Gasteiger partial charge is 0.342 e. The Labute approximate surface area is 136 Å². The van der Waals surface area contributed by atoms with E-state index in [1.54, 1.807) is 0 Å². The lowest BCUT2D eigenvalue weighted by molar-refractivity contribution is -0.132. The van der Waals surface area contributed by atoms with Gasteiger partial charge in [0.05, 0.1) is 0 Å². The van der Waals surface area contributed by atoms with Crippen molar-refractivity contribution in [3.8, 4) is 11.4 Å². The van der Waals surface area contributed by atoms with Gasteiger partial charge in [0.15, 0.2) is 0 Å². The zero-order valence-corrected chi connectivity index (χ0v) is 13.8. The van der Waals surface area contributed by atoms with Gasteiger partial charge in [-0.1, -0.05) is 36.3 Å². The number of likely N-dealkylation sites (tertiary alicyclic amines) is 1. The van der Waals surface area contributed by atoms with Crippen LogP contribution in [0, 0.1) is 12.8 Å². The monoisotopic (exact) mass is 313 g/mol. The minimum Gasteiger partial charge on any atom is -0.342 e. The summed E-state index contributed by atoms with van der Waals surface area (Å²) in [5, 5.41) is 4.12. The molecule has 3 rings (SSSR count). The van der Waals surface area contributed by atoms with Crippen LogP contribution >= 0.6 is 0 Å². The molecule has 1 atom stereocenters. The summed E-state index contributed by atoms with van der Waals surface area (Å²) in [6, 6.07) is 8.03. The average Bonchev–Trinajstić information content (AvgIpc) is 3.03. The highest BCUT2D eigenvalue weighted by Crippen LogP contribution is 2.23. The first-order valence-corrected chi connectivity index (χ1v) is 8.33. The number of amides is 1. The third-order valence-electron chi connectivity index (χ3n) is 4.49. The van der Waals surface area contributed by atoms with Crippen LogP contribution < -0.4 is 0 Å². The summed E-state index contributed by atoms with van der Waals surface area (Å²) in [5.74, 6) is 1.96. The molecule has 1 aromatic heterocycles. The molecular weight excluding hydrogens is 290 g/mol. The van der Waals surface area contributed by atoms with Crippen LogP contribution in [0.5, 0.6) is 0 Å². The highest BCUT2D eigenvalue weighted by atomic mass is 16.5. The molecule has 0 N–H and O–H groups in total. The zero-order chi connectivity index (χ0) is 16.2. The molecule has 1 aliphatic rings. The minimum absolute atomic E-state index is 0.237. The summed E-state index contributed by atoms with van der Waals surface area (Å²) in [6.07, 6.45) is 3.47.